The monoisotopic (exact) mass is 246 g/mol. The first-order valence-electron chi connectivity index (χ1n) is 6.26. The van der Waals surface area contributed by atoms with Crippen LogP contribution in [0.4, 0.5) is 0 Å². The highest BCUT2D eigenvalue weighted by atomic mass is 32.2. The molecule has 0 rings (SSSR count). The molecule has 0 aromatic carbocycles. The van der Waals surface area contributed by atoms with E-state index in [0.717, 1.165) is 19.6 Å². The Morgan fingerprint density at radius 2 is 1.88 bits per heavy atom. The lowest BCUT2D eigenvalue weighted by molar-refractivity contribution is 0.273. The number of hydrogen-bond donors (Lipinski definition) is 1. The van der Waals surface area contributed by atoms with E-state index in [9.17, 15) is 0 Å². The average molecular weight is 246 g/mol. The molecule has 0 saturated carbocycles. The van der Waals surface area contributed by atoms with Gasteiger partial charge in [0.25, 0.3) is 0 Å². The molecule has 0 spiro atoms. The van der Waals surface area contributed by atoms with Gasteiger partial charge < -0.3 is 10.2 Å². The molecular weight excluding hydrogens is 216 g/mol. The molecular formula is C13H30N2S. The molecule has 0 bridgehead atoms. The Kier molecular flexibility index (Phi) is 8.52. The fourth-order valence-electron chi connectivity index (χ4n) is 1.43. The van der Waals surface area contributed by atoms with Crippen molar-refractivity contribution in [3.05, 3.63) is 0 Å². The van der Waals surface area contributed by atoms with Crippen LogP contribution in [0.2, 0.25) is 0 Å². The van der Waals surface area contributed by atoms with E-state index in [-0.39, 0.29) is 0 Å². The highest BCUT2D eigenvalue weighted by Gasteiger charge is 2.10. The molecule has 0 aromatic rings. The van der Waals surface area contributed by atoms with Crippen LogP contribution in [0.3, 0.4) is 0 Å². The van der Waals surface area contributed by atoms with Gasteiger partial charge in [0.05, 0.1) is 0 Å². The van der Waals surface area contributed by atoms with Crippen LogP contribution < -0.4 is 5.32 Å². The highest BCUT2D eigenvalue weighted by molar-refractivity contribution is 7.98. The third-order valence-electron chi connectivity index (χ3n) is 2.85. The van der Waals surface area contributed by atoms with Crippen molar-refractivity contribution in [1.82, 2.24) is 10.2 Å². The quantitative estimate of drug-likeness (QED) is 0.663. The Bertz CT molecular complexity index is 166. The predicted molar refractivity (Wildman–Crippen MR) is 77.4 cm³/mol. The van der Waals surface area contributed by atoms with Crippen LogP contribution >= 0.6 is 11.8 Å². The van der Waals surface area contributed by atoms with Gasteiger partial charge in [0.15, 0.2) is 0 Å². The summed E-state index contributed by atoms with van der Waals surface area (Å²) in [5.41, 5.74) is 0.449. The third kappa shape index (κ3) is 9.49. The van der Waals surface area contributed by atoms with E-state index < -0.39 is 0 Å². The van der Waals surface area contributed by atoms with Gasteiger partial charge in [0.2, 0.25) is 0 Å². The molecule has 0 radical (unpaired) electrons. The molecule has 3 heteroatoms. The van der Waals surface area contributed by atoms with Crippen molar-refractivity contribution in [2.45, 2.75) is 40.2 Å². The standard InChI is InChI=1S/C13H30N2S/c1-12(11-16-6)15(5)10-9-14-8-7-13(2,3)4/h12,14H,7-11H2,1-6H3. The zero-order chi connectivity index (χ0) is 12.6. The molecule has 98 valence electrons. The van der Waals surface area contributed by atoms with Crippen molar-refractivity contribution in [2.24, 2.45) is 5.41 Å². The van der Waals surface area contributed by atoms with Gasteiger partial charge in [-0.25, -0.2) is 0 Å². The van der Waals surface area contributed by atoms with Gasteiger partial charge >= 0.3 is 0 Å². The van der Waals surface area contributed by atoms with E-state index in [1.54, 1.807) is 0 Å². The first-order valence-corrected chi connectivity index (χ1v) is 7.66. The summed E-state index contributed by atoms with van der Waals surface area (Å²) in [6, 6.07) is 0.680. The predicted octanol–water partition coefficient (Wildman–Crippen LogP) is 2.70. The van der Waals surface area contributed by atoms with Gasteiger partial charge in [0.1, 0.15) is 0 Å². The number of rotatable bonds is 8. The molecule has 0 aliphatic heterocycles. The lowest BCUT2D eigenvalue weighted by atomic mass is 9.92. The molecule has 0 aromatic heterocycles. The molecule has 16 heavy (non-hydrogen) atoms. The lowest BCUT2D eigenvalue weighted by Gasteiger charge is -2.24. The van der Waals surface area contributed by atoms with Gasteiger partial charge in [-0.15, -0.1) is 0 Å². The molecule has 1 unspecified atom stereocenters. The van der Waals surface area contributed by atoms with Crippen LogP contribution in [-0.2, 0) is 0 Å². The van der Waals surface area contributed by atoms with Crippen molar-refractivity contribution in [2.75, 3.05) is 38.7 Å². The SMILES string of the molecule is CSCC(C)N(C)CCNCCC(C)(C)C. The summed E-state index contributed by atoms with van der Waals surface area (Å²) >= 11 is 1.92. The highest BCUT2D eigenvalue weighted by Crippen LogP contribution is 2.16. The van der Waals surface area contributed by atoms with Gasteiger partial charge in [0, 0.05) is 24.9 Å². The molecule has 2 nitrogen and oxygen atoms in total. The normalized spacial score (nSPS) is 14.4. The lowest BCUT2D eigenvalue weighted by Crippen LogP contribution is -2.37. The number of likely N-dealkylation sites (N-methyl/N-ethyl adjacent to an activating group) is 1. The summed E-state index contributed by atoms with van der Waals surface area (Å²) < 4.78 is 0. The second kappa shape index (κ2) is 8.37. The van der Waals surface area contributed by atoms with Crippen molar-refractivity contribution < 1.29 is 0 Å². The number of thioether (sulfide) groups is 1. The van der Waals surface area contributed by atoms with Gasteiger partial charge in [-0.1, -0.05) is 20.8 Å². The molecule has 0 fully saturated rings. The smallest absolute Gasteiger partial charge is 0.0155 e. The topological polar surface area (TPSA) is 15.3 Å². The van der Waals surface area contributed by atoms with Gasteiger partial charge in [-0.3, -0.25) is 0 Å². The fraction of sp³-hybridized carbons (Fsp3) is 1.00. The second-order valence-electron chi connectivity index (χ2n) is 5.85. The van der Waals surface area contributed by atoms with E-state index >= 15 is 0 Å². The Morgan fingerprint density at radius 1 is 1.25 bits per heavy atom. The third-order valence-corrected chi connectivity index (χ3v) is 3.67. The Morgan fingerprint density at radius 3 is 2.38 bits per heavy atom. The molecule has 0 saturated heterocycles. The molecule has 0 aliphatic rings. The number of hydrogen-bond acceptors (Lipinski definition) is 3. The minimum absolute atomic E-state index is 0.449. The summed E-state index contributed by atoms with van der Waals surface area (Å²) in [5.74, 6) is 1.22. The molecule has 1 atom stereocenters. The van der Waals surface area contributed by atoms with E-state index in [1.807, 2.05) is 11.8 Å². The summed E-state index contributed by atoms with van der Waals surface area (Å²) in [7, 11) is 2.21. The first-order chi connectivity index (χ1) is 7.37. The van der Waals surface area contributed by atoms with Crippen molar-refractivity contribution >= 4 is 11.8 Å². The summed E-state index contributed by atoms with van der Waals surface area (Å²) in [5, 5.41) is 3.52. The van der Waals surface area contributed by atoms with E-state index in [4.69, 9.17) is 0 Å². The number of nitrogens with one attached hydrogen (secondary N) is 1. The maximum Gasteiger partial charge on any atom is 0.0155 e. The Balaban J connectivity index is 3.44. The molecule has 0 aliphatic carbocycles. The number of nitrogens with zero attached hydrogens (tertiary/aromatic N) is 1. The fourth-order valence-corrected chi connectivity index (χ4v) is 2.17. The van der Waals surface area contributed by atoms with Crippen molar-refractivity contribution in [3.63, 3.8) is 0 Å². The van der Waals surface area contributed by atoms with Crippen LogP contribution in [0, 0.1) is 5.41 Å². The maximum atomic E-state index is 3.52. The van der Waals surface area contributed by atoms with E-state index in [0.29, 0.717) is 11.5 Å². The minimum atomic E-state index is 0.449. The van der Waals surface area contributed by atoms with Crippen LogP contribution in [0.15, 0.2) is 0 Å². The van der Waals surface area contributed by atoms with Crippen molar-refractivity contribution in [3.8, 4) is 0 Å². The Labute approximate surface area is 107 Å². The van der Waals surface area contributed by atoms with E-state index in [1.165, 1.54) is 12.2 Å². The summed E-state index contributed by atoms with van der Waals surface area (Å²) in [6.07, 6.45) is 3.42. The zero-order valence-corrected chi connectivity index (χ0v) is 12.8. The summed E-state index contributed by atoms with van der Waals surface area (Å²) in [4.78, 5) is 2.43. The average Bonchev–Trinajstić information content (AvgIpc) is 2.15. The van der Waals surface area contributed by atoms with Gasteiger partial charge in [-0.05, 0) is 38.6 Å². The maximum absolute atomic E-state index is 3.52. The summed E-state index contributed by atoms with van der Waals surface area (Å²) in [6.45, 7) is 12.6. The molecule has 0 amide bonds. The van der Waals surface area contributed by atoms with Crippen LogP contribution in [0.1, 0.15) is 34.1 Å². The molecule has 0 heterocycles. The van der Waals surface area contributed by atoms with Crippen LogP contribution in [-0.4, -0.2) is 49.6 Å². The zero-order valence-electron chi connectivity index (χ0n) is 12.0. The van der Waals surface area contributed by atoms with Gasteiger partial charge in [-0.2, -0.15) is 11.8 Å². The van der Waals surface area contributed by atoms with Crippen LogP contribution in [0.5, 0.6) is 0 Å². The first kappa shape index (κ1) is 16.3. The minimum Gasteiger partial charge on any atom is -0.315 e. The van der Waals surface area contributed by atoms with Crippen molar-refractivity contribution in [1.29, 1.82) is 0 Å². The Hall–Kier alpha value is 0.270. The van der Waals surface area contributed by atoms with Crippen LogP contribution in [0.25, 0.3) is 0 Å². The largest absolute Gasteiger partial charge is 0.315 e. The van der Waals surface area contributed by atoms with E-state index in [2.05, 4.69) is 51.2 Å². The molecule has 1 N–H and O–H groups in total. The second-order valence-corrected chi connectivity index (χ2v) is 6.76.